The summed E-state index contributed by atoms with van der Waals surface area (Å²) in [6.45, 7) is 2.34. The number of aromatic nitrogens is 2. The Morgan fingerprint density at radius 2 is 2.15 bits per heavy atom. The number of oxazole rings is 1. The van der Waals surface area contributed by atoms with E-state index in [0.717, 1.165) is 26.8 Å². The highest BCUT2D eigenvalue weighted by molar-refractivity contribution is 9.10. The molecule has 0 fully saturated rings. The van der Waals surface area contributed by atoms with E-state index in [1.807, 2.05) is 25.1 Å². The van der Waals surface area contributed by atoms with E-state index in [9.17, 15) is 0 Å². The van der Waals surface area contributed by atoms with Gasteiger partial charge < -0.3 is 15.5 Å². The van der Waals surface area contributed by atoms with Gasteiger partial charge in [0.05, 0.1) is 35.8 Å². The number of hydrogen-bond acceptors (Lipinski definition) is 5. The number of nitrogens with one attached hydrogen (secondary N) is 1. The summed E-state index contributed by atoms with van der Waals surface area (Å²) in [5.74, 6) is 1.42. The lowest BCUT2D eigenvalue weighted by atomic mass is 10.1. The van der Waals surface area contributed by atoms with Gasteiger partial charge in [0.1, 0.15) is 5.76 Å². The number of aryl methyl sites for hydroxylation is 1. The minimum atomic E-state index is 0.476. The number of nitrogens with zero attached hydrogens (tertiary/aromatic N) is 2. The van der Waals surface area contributed by atoms with E-state index in [1.165, 1.54) is 0 Å². The molecule has 0 saturated carbocycles. The van der Waals surface area contributed by atoms with Crippen molar-refractivity contribution in [2.45, 2.75) is 13.5 Å². The maximum Gasteiger partial charge on any atom is 0.213 e. The fourth-order valence-corrected chi connectivity index (χ4v) is 2.39. The quantitative estimate of drug-likeness (QED) is 0.767. The fourth-order valence-electron chi connectivity index (χ4n) is 2.02. The molecule has 3 aromatic rings. The molecule has 0 aliphatic rings. The number of rotatable bonds is 3. The molecule has 2 aromatic heterocycles. The third kappa shape index (κ3) is 2.46. The predicted octanol–water partition coefficient (Wildman–Crippen LogP) is 3.49. The van der Waals surface area contributed by atoms with Gasteiger partial charge in [0, 0.05) is 9.86 Å². The predicted molar refractivity (Wildman–Crippen MR) is 82.4 cm³/mol. The molecule has 102 valence electrons. The molecular weight excluding hydrogens is 320 g/mol. The monoisotopic (exact) mass is 332 g/mol. The number of nitrogen functional groups attached to an aromatic ring is 1. The molecule has 0 bridgehead atoms. The highest BCUT2D eigenvalue weighted by Gasteiger charge is 2.08. The summed E-state index contributed by atoms with van der Waals surface area (Å²) < 4.78 is 6.42. The number of pyridine rings is 1. The molecule has 0 amide bonds. The van der Waals surface area contributed by atoms with Gasteiger partial charge in [-0.05, 0) is 25.1 Å². The van der Waals surface area contributed by atoms with Gasteiger partial charge in [0.15, 0.2) is 0 Å². The van der Waals surface area contributed by atoms with Crippen molar-refractivity contribution in [1.82, 2.24) is 9.97 Å². The van der Waals surface area contributed by atoms with E-state index in [1.54, 1.807) is 12.4 Å². The molecule has 2 heterocycles. The van der Waals surface area contributed by atoms with Crippen molar-refractivity contribution in [2.24, 2.45) is 0 Å². The van der Waals surface area contributed by atoms with Crippen LogP contribution in [0.25, 0.3) is 10.9 Å². The van der Waals surface area contributed by atoms with Crippen LogP contribution in [0.5, 0.6) is 0 Å². The van der Waals surface area contributed by atoms with Crippen LogP contribution in [-0.4, -0.2) is 9.97 Å². The van der Waals surface area contributed by atoms with Crippen molar-refractivity contribution in [1.29, 1.82) is 0 Å². The van der Waals surface area contributed by atoms with Crippen molar-refractivity contribution in [3.05, 3.63) is 46.7 Å². The molecule has 5 nitrogen and oxygen atoms in total. The van der Waals surface area contributed by atoms with Gasteiger partial charge in [0.25, 0.3) is 0 Å². The SMILES string of the molecule is Cc1cnc(CNc2c(N)cnc3ccc(Br)cc23)o1. The van der Waals surface area contributed by atoms with Gasteiger partial charge in [-0.15, -0.1) is 0 Å². The fraction of sp³-hybridized carbons (Fsp3) is 0.143. The molecule has 0 atom stereocenters. The van der Waals surface area contributed by atoms with Crippen molar-refractivity contribution < 1.29 is 4.42 Å². The van der Waals surface area contributed by atoms with Gasteiger partial charge in [-0.2, -0.15) is 0 Å². The van der Waals surface area contributed by atoms with Crippen molar-refractivity contribution in [3.8, 4) is 0 Å². The number of fused-ring (bicyclic) bond motifs is 1. The smallest absolute Gasteiger partial charge is 0.213 e. The Kier molecular flexibility index (Phi) is 3.31. The summed E-state index contributed by atoms with van der Waals surface area (Å²) in [6, 6.07) is 5.88. The Bertz CT molecular complexity index is 764. The Balaban J connectivity index is 1.97. The molecule has 1 aromatic carbocycles. The summed E-state index contributed by atoms with van der Waals surface area (Å²) in [4.78, 5) is 8.48. The van der Waals surface area contributed by atoms with Crippen LogP contribution in [0.4, 0.5) is 11.4 Å². The second kappa shape index (κ2) is 5.13. The molecule has 0 spiro atoms. The van der Waals surface area contributed by atoms with Crippen LogP contribution in [0.2, 0.25) is 0 Å². The zero-order valence-corrected chi connectivity index (χ0v) is 12.4. The van der Waals surface area contributed by atoms with E-state index >= 15 is 0 Å². The van der Waals surface area contributed by atoms with E-state index < -0.39 is 0 Å². The summed E-state index contributed by atoms with van der Waals surface area (Å²) in [7, 11) is 0. The van der Waals surface area contributed by atoms with Crippen LogP contribution >= 0.6 is 15.9 Å². The van der Waals surface area contributed by atoms with E-state index in [2.05, 4.69) is 31.2 Å². The Hall–Kier alpha value is -2.08. The minimum Gasteiger partial charge on any atom is -0.444 e. The zero-order valence-electron chi connectivity index (χ0n) is 10.9. The molecule has 0 aliphatic heterocycles. The van der Waals surface area contributed by atoms with Gasteiger partial charge in [-0.3, -0.25) is 4.98 Å². The van der Waals surface area contributed by atoms with Crippen molar-refractivity contribution in [2.75, 3.05) is 11.1 Å². The number of hydrogen-bond donors (Lipinski definition) is 2. The lowest BCUT2D eigenvalue weighted by Crippen LogP contribution is -2.04. The molecule has 6 heteroatoms. The van der Waals surface area contributed by atoms with Gasteiger partial charge >= 0.3 is 0 Å². The molecule has 3 rings (SSSR count). The standard InChI is InChI=1S/C14H13BrN4O/c1-8-5-18-13(20-8)7-19-14-10-4-9(15)2-3-12(10)17-6-11(14)16/h2-6H,7,16H2,1H3,(H,17,19). The van der Waals surface area contributed by atoms with Gasteiger partial charge in [-0.1, -0.05) is 15.9 Å². The average molecular weight is 333 g/mol. The maximum atomic E-state index is 6.01. The maximum absolute atomic E-state index is 6.01. The summed E-state index contributed by atoms with van der Waals surface area (Å²) in [5, 5.41) is 4.23. The summed E-state index contributed by atoms with van der Waals surface area (Å²) >= 11 is 3.46. The molecule has 0 aliphatic carbocycles. The minimum absolute atomic E-state index is 0.476. The van der Waals surface area contributed by atoms with Crippen LogP contribution in [0.3, 0.4) is 0 Å². The summed E-state index contributed by atoms with van der Waals surface area (Å²) in [6.07, 6.45) is 3.35. The largest absolute Gasteiger partial charge is 0.444 e. The Labute approximate surface area is 124 Å². The lowest BCUT2D eigenvalue weighted by molar-refractivity contribution is 0.479. The second-order valence-electron chi connectivity index (χ2n) is 4.47. The van der Waals surface area contributed by atoms with Gasteiger partial charge in [-0.25, -0.2) is 4.98 Å². The zero-order chi connectivity index (χ0) is 14.1. The third-order valence-corrected chi connectivity index (χ3v) is 3.44. The van der Waals surface area contributed by atoms with Gasteiger partial charge in [0.2, 0.25) is 5.89 Å². The number of benzene rings is 1. The lowest BCUT2D eigenvalue weighted by Gasteiger charge is -2.11. The molecule has 0 radical (unpaired) electrons. The van der Waals surface area contributed by atoms with E-state index in [-0.39, 0.29) is 0 Å². The molecule has 0 unspecified atom stereocenters. The topological polar surface area (TPSA) is 77.0 Å². The number of nitrogens with two attached hydrogens (primary N) is 1. The highest BCUT2D eigenvalue weighted by Crippen LogP contribution is 2.30. The molecular formula is C14H13BrN4O. The Morgan fingerprint density at radius 3 is 2.90 bits per heavy atom. The first-order valence-corrected chi connectivity index (χ1v) is 6.92. The molecule has 3 N–H and O–H groups in total. The number of anilines is 2. The first-order valence-electron chi connectivity index (χ1n) is 6.12. The van der Waals surface area contributed by atoms with E-state index in [4.69, 9.17) is 10.2 Å². The molecule has 20 heavy (non-hydrogen) atoms. The second-order valence-corrected chi connectivity index (χ2v) is 5.38. The molecule has 0 saturated heterocycles. The summed E-state index contributed by atoms with van der Waals surface area (Å²) in [5.41, 5.74) is 8.33. The van der Waals surface area contributed by atoms with Crippen LogP contribution in [0, 0.1) is 6.92 Å². The highest BCUT2D eigenvalue weighted by atomic mass is 79.9. The van der Waals surface area contributed by atoms with Crippen LogP contribution in [0.15, 0.2) is 39.5 Å². The Morgan fingerprint density at radius 1 is 1.30 bits per heavy atom. The third-order valence-electron chi connectivity index (χ3n) is 2.94. The van der Waals surface area contributed by atoms with Crippen molar-refractivity contribution in [3.63, 3.8) is 0 Å². The number of halogens is 1. The van der Waals surface area contributed by atoms with Crippen molar-refractivity contribution >= 4 is 38.2 Å². The van der Waals surface area contributed by atoms with Crippen LogP contribution in [-0.2, 0) is 6.54 Å². The first-order chi connectivity index (χ1) is 9.63. The van der Waals surface area contributed by atoms with Crippen LogP contribution in [0.1, 0.15) is 11.7 Å². The van der Waals surface area contributed by atoms with Crippen LogP contribution < -0.4 is 11.1 Å². The normalized spacial score (nSPS) is 10.9. The average Bonchev–Trinajstić information content (AvgIpc) is 2.83. The van der Waals surface area contributed by atoms with E-state index in [0.29, 0.717) is 18.1 Å². The first kappa shape index (κ1) is 12.9.